The Hall–Kier alpha value is -2.61. The zero-order valence-corrected chi connectivity index (χ0v) is 8.72. The molecule has 2 N–H and O–H groups in total. The van der Waals surface area contributed by atoms with Gasteiger partial charge in [-0.1, -0.05) is 0 Å². The molecule has 1 aromatic carbocycles. The predicted molar refractivity (Wildman–Crippen MR) is 59.8 cm³/mol. The number of rotatable bonds is 2. The fraction of sp³-hybridized carbons (Fsp3) is 0. The number of nitrogen functional groups attached to an aromatic ring is 1. The topological polar surface area (TPSA) is 71.9 Å². The van der Waals surface area contributed by atoms with Crippen LogP contribution in [0.4, 0.5) is 10.1 Å². The lowest BCUT2D eigenvalue weighted by atomic mass is 10.2. The van der Waals surface area contributed by atoms with Crippen molar-refractivity contribution in [2.75, 3.05) is 5.73 Å². The molecule has 17 heavy (non-hydrogen) atoms. The van der Waals surface area contributed by atoms with Crippen molar-refractivity contribution < 1.29 is 9.13 Å². The van der Waals surface area contributed by atoms with Crippen molar-refractivity contribution in [2.45, 2.75) is 0 Å². The SMILES string of the molecule is N#Cc1ccc(Oc2ncccc2F)c(N)c1. The van der Waals surface area contributed by atoms with Gasteiger partial charge in [-0.3, -0.25) is 0 Å². The van der Waals surface area contributed by atoms with Gasteiger partial charge in [-0.15, -0.1) is 0 Å². The minimum atomic E-state index is -0.573. The van der Waals surface area contributed by atoms with Gasteiger partial charge in [0.25, 0.3) is 5.88 Å². The summed E-state index contributed by atoms with van der Waals surface area (Å²) in [6, 6.07) is 9.14. The molecular formula is C12H8FN3O. The number of pyridine rings is 1. The van der Waals surface area contributed by atoms with Gasteiger partial charge in [-0.25, -0.2) is 9.37 Å². The Balaban J connectivity index is 2.32. The summed E-state index contributed by atoms with van der Waals surface area (Å²) in [5.74, 6) is -0.457. The molecule has 2 aromatic rings. The molecule has 1 heterocycles. The van der Waals surface area contributed by atoms with E-state index in [0.717, 1.165) is 0 Å². The average molecular weight is 229 g/mol. The van der Waals surface area contributed by atoms with E-state index in [0.29, 0.717) is 5.56 Å². The molecule has 5 heteroatoms. The Morgan fingerprint density at radius 1 is 1.35 bits per heavy atom. The highest BCUT2D eigenvalue weighted by atomic mass is 19.1. The van der Waals surface area contributed by atoms with E-state index in [1.807, 2.05) is 6.07 Å². The molecule has 0 fully saturated rings. The monoisotopic (exact) mass is 229 g/mol. The number of aromatic nitrogens is 1. The molecule has 0 atom stereocenters. The molecule has 0 spiro atoms. The lowest BCUT2D eigenvalue weighted by Gasteiger charge is -2.07. The van der Waals surface area contributed by atoms with E-state index in [-0.39, 0.29) is 17.3 Å². The molecule has 0 amide bonds. The van der Waals surface area contributed by atoms with Crippen LogP contribution in [0.15, 0.2) is 36.5 Å². The summed E-state index contributed by atoms with van der Waals surface area (Å²) in [6.45, 7) is 0. The maximum absolute atomic E-state index is 13.3. The first-order valence-electron chi connectivity index (χ1n) is 4.78. The van der Waals surface area contributed by atoms with Crippen LogP contribution in [0.25, 0.3) is 0 Å². The first kappa shape index (κ1) is 10.9. The van der Waals surface area contributed by atoms with E-state index in [1.54, 1.807) is 0 Å². The normalized spacial score (nSPS) is 9.65. The molecule has 0 radical (unpaired) electrons. The van der Waals surface area contributed by atoms with Crippen LogP contribution < -0.4 is 10.5 Å². The Labute approximate surface area is 97.1 Å². The predicted octanol–water partition coefficient (Wildman–Crippen LogP) is 2.47. The van der Waals surface area contributed by atoms with Crippen molar-refractivity contribution in [1.82, 2.24) is 4.98 Å². The highest BCUT2D eigenvalue weighted by molar-refractivity contribution is 5.57. The van der Waals surface area contributed by atoms with E-state index in [4.69, 9.17) is 15.7 Å². The summed E-state index contributed by atoms with van der Waals surface area (Å²) in [5, 5.41) is 8.67. The van der Waals surface area contributed by atoms with Crippen molar-refractivity contribution in [3.63, 3.8) is 0 Å². The van der Waals surface area contributed by atoms with Gasteiger partial charge in [0.1, 0.15) is 0 Å². The van der Waals surface area contributed by atoms with E-state index in [2.05, 4.69) is 4.98 Å². The number of nitrogens with zero attached hydrogens (tertiary/aromatic N) is 2. The van der Waals surface area contributed by atoms with Gasteiger partial charge in [0.2, 0.25) is 0 Å². The van der Waals surface area contributed by atoms with Gasteiger partial charge < -0.3 is 10.5 Å². The summed E-state index contributed by atoms with van der Waals surface area (Å²) in [6.07, 6.45) is 1.41. The lowest BCUT2D eigenvalue weighted by molar-refractivity contribution is 0.424. The number of nitrogens with two attached hydrogens (primary N) is 1. The van der Waals surface area contributed by atoms with Crippen LogP contribution in [-0.4, -0.2) is 4.98 Å². The summed E-state index contributed by atoms with van der Waals surface area (Å²) in [7, 11) is 0. The number of halogens is 1. The van der Waals surface area contributed by atoms with Gasteiger partial charge in [-0.2, -0.15) is 5.26 Å². The standard InChI is InChI=1S/C12H8FN3O/c13-9-2-1-5-16-12(9)17-11-4-3-8(7-14)6-10(11)15/h1-6H,15H2. The highest BCUT2D eigenvalue weighted by Gasteiger charge is 2.08. The van der Waals surface area contributed by atoms with Gasteiger partial charge in [0, 0.05) is 6.20 Å². The van der Waals surface area contributed by atoms with Crippen LogP contribution in [0, 0.1) is 17.1 Å². The number of hydrogen-bond acceptors (Lipinski definition) is 4. The van der Waals surface area contributed by atoms with Gasteiger partial charge >= 0.3 is 0 Å². The number of ether oxygens (including phenoxy) is 1. The minimum absolute atomic E-state index is 0.149. The van der Waals surface area contributed by atoms with E-state index >= 15 is 0 Å². The molecular weight excluding hydrogens is 221 g/mol. The van der Waals surface area contributed by atoms with Gasteiger partial charge in [-0.05, 0) is 30.3 Å². The minimum Gasteiger partial charge on any atom is -0.434 e. The van der Waals surface area contributed by atoms with E-state index in [1.165, 1.54) is 36.5 Å². The summed E-state index contributed by atoms with van der Waals surface area (Å²) < 4.78 is 18.5. The fourth-order valence-corrected chi connectivity index (χ4v) is 1.26. The molecule has 0 saturated heterocycles. The maximum atomic E-state index is 13.3. The second-order valence-electron chi connectivity index (χ2n) is 3.26. The number of anilines is 1. The Kier molecular flexibility index (Phi) is 2.88. The van der Waals surface area contributed by atoms with E-state index < -0.39 is 5.82 Å². The maximum Gasteiger partial charge on any atom is 0.255 e. The number of hydrogen-bond donors (Lipinski definition) is 1. The first-order chi connectivity index (χ1) is 8.20. The van der Waals surface area contributed by atoms with Gasteiger partial charge in [0.15, 0.2) is 11.6 Å². The van der Waals surface area contributed by atoms with Crippen molar-refractivity contribution in [1.29, 1.82) is 5.26 Å². The second-order valence-corrected chi connectivity index (χ2v) is 3.26. The van der Waals surface area contributed by atoms with Crippen LogP contribution in [0.3, 0.4) is 0 Å². The quantitative estimate of drug-likeness (QED) is 0.803. The highest BCUT2D eigenvalue weighted by Crippen LogP contribution is 2.28. The Bertz CT molecular complexity index is 593. The summed E-state index contributed by atoms with van der Waals surface area (Å²) in [5.41, 5.74) is 6.34. The second kappa shape index (κ2) is 4.49. The molecule has 0 bridgehead atoms. The fourth-order valence-electron chi connectivity index (χ4n) is 1.26. The van der Waals surface area contributed by atoms with Crippen molar-refractivity contribution in [3.05, 3.63) is 47.9 Å². The summed E-state index contributed by atoms with van der Waals surface area (Å²) in [4.78, 5) is 3.74. The van der Waals surface area contributed by atoms with Crippen molar-refractivity contribution in [2.24, 2.45) is 0 Å². The number of nitriles is 1. The Morgan fingerprint density at radius 3 is 2.82 bits per heavy atom. The molecule has 1 aromatic heterocycles. The molecule has 0 unspecified atom stereocenters. The third-order valence-corrected chi connectivity index (χ3v) is 2.07. The van der Waals surface area contributed by atoms with E-state index in [9.17, 15) is 4.39 Å². The van der Waals surface area contributed by atoms with Crippen molar-refractivity contribution in [3.8, 4) is 17.7 Å². The molecule has 0 aliphatic rings. The van der Waals surface area contributed by atoms with Crippen LogP contribution in [0.5, 0.6) is 11.6 Å². The largest absolute Gasteiger partial charge is 0.434 e. The molecule has 2 rings (SSSR count). The molecule has 0 aliphatic carbocycles. The van der Waals surface area contributed by atoms with Crippen LogP contribution >= 0.6 is 0 Å². The molecule has 4 nitrogen and oxygen atoms in total. The molecule has 84 valence electrons. The van der Waals surface area contributed by atoms with Crippen LogP contribution in [-0.2, 0) is 0 Å². The van der Waals surface area contributed by atoms with Gasteiger partial charge in [0.05, 0.1) is 17.3 Å². The molecule has 0 aliphatic heterocycles. The average Bonchev–Trinajstić information content (AvgIpc) is 2.34. The lowest BCUT2D eigenvalue weighted by Crippen LogP contribution is -1.96. The van der Waals surface area contributed by atoms with Crippen molar-refractivity contribution >= 4 is 5.69 Å². The molecule has 0 saturated carbocycles. The number of benzene rings is 1. The van der Waals surface area contributed by atoms with Crippen LogP contribution in [0.2, 0.25) is 0 Å². The third-order valence-electron chi connectivity index (χ3n) is 2.07. The zero-order valence-electron chi connectivity index (χ0n) is 8.72. The summed E-state index contributed by atoms with van der Waals surface area (Å²) >= 11 is 0. The smallest absolute Gasteiger partial charge is 0.255 e. The first-order valence-corrected chi connectivity index (χ1v) is 4.78. The third kappa shape index (κ3) is 2.32. The Morgan fingerprint density at radius 2 is 2.18 bits per heavy atom. The zero-order chi connectivity index (χ0) is 12.3. The van der Waals surface area contributed by atoms with Crippen LogP contribution in [0.1, 0.15) is 5.56 Å².